The number of para-hydroxylation sites is 2. The van der Waals surface area contributed by atoms with Gasteiger partial charge in [0.15, 0.2) is 0 Å². The molecule has 0 aliphatic rings. The van der Waals surface area contributed by atoms with Gasteiger partial charge in [0.25, 0.3) is 0 Å². The van der Waals surface area contributed by atoms with Crippen LogP contribution in [0.3, 0.4) is 0 Å². The van der Waals surface area contributed by atoms with Crippen LogP contribution in [0.4, 0.5) is 0 Å². The van der Waals surface area contributed by atoms with Crippen LogP contribution < -0.4 is 0 Å². The maximum Gasteiger partial charge on any atom is 0.0979 e. The molecule has 0 N–H and O–H groups in total. The van der Waals surface area contributed by atoms with Crippen LogP contribution in [0.5, 0.6) is 0 Å². The molecule has 3 heteroatoms. The maximum absolute atomic E-state index is 5.42. The summed E-state index contributed by atoms with van der Waals surface area (Å²) in [7, 11) is 0. The van der Waals surface area contributed by atoms with Gasteiger partial charge < -0.3 is 4.57 Å². The van der Waals surface area contributed by atoms with Gasteiger partial charge in [-0.25, -0.2) is 4.98 Å². The third kappa shape index (κ3) is 6.64. The molecular weight excluding hydrogens is 931 g/mol. The minimum atomic E-state index is 0.863. The van der Waals surface area contributed by atoms with Gasteiger partial charge in [-0.1, -0.05) is 237 Å². The average molecular weight is 976 g/mol. The van der Waals surface area contributed by atoms with Crippen molar-refractivity contribution in [1.29, 1.82) is 0 Å². The second-order valence-corrected chi connectivity index (χ2v) is 20.3. The van der Waals surface area contributed by atoms with Crippen LogP contribution in [0.2, 0.25) is 0 Å². The molecule has 0 amide bonds. The predicted molar refractivity (Wildman–Crippen MR) is 326 cm³/mol. The largest absolute Gasteiger partial charge is 0.309 e. The number of benzene rings is 14. The highest BCUT2D eigenvalue weighted by atomic mass is 15.0. The van der Waals surface area contributed by atoms with Crippen molar-refractivity contribution in [1.82, 2.24) is 14.5 Å². The van der Waals surface area contributed by atoms with Gasteiger partial charge in [0.1, 0.15) is 0 Å². The molecule has 16 rings (SSSR count). The molecule has 14 aromatic carbocycles. The van der Waals surface area contributed by atoms with Crippen LogP contribution in [0.1, 0.15) is 0 Å². The number of fused-ring (bicyclic) bond motifs is 13. The predicted octanol–water partition coefficient (Wildman–Crippen LogP) is 20.0. The fraction of sp³-hybridized carbons (Fsp3) is 0. The molecule has 0 aliphatic heterocycles. The summed E-state index contributed by atoms with van der Waals surface area (Å²) >= 11 is 0. The Morgan fingerprint density at radius 2 is 0.584 bits per heavy atom. The van der Waals surface area contributed by atoms with E-state index in [2.05, 4.69) is 271 Å². The van der Waals surface area contributed by atoms with Gasteiger partial charge >= 0.3 is 0 Å². The maximum atomic E-state index is 5.42. The first kappa shape index (κ1) is 43.2. The third-order valence-corrected chi connectivity index (χ3v) is 16.3. The van der Waals surface area contributed by atoms with Crippen LogP contribution in [-0.2, 0) is 0 Å². The zero-order valence-corrected chi connectivity index (χ0v) is 41.8. The summed E-state index contributed by atoms with van der Waals surface area (Å²) in [4.78, 5) is 10.6. The molecule has 2 aromatic heterocycles. The molecule has 16 aromatic rings. The molecule has 0 fully saturated rings. The Bertz CT molecular complexity index is 5070. The lowest BCUT2D eigenvalue weighted by atomic mass is 9.85. The van der Waals surface area contributed by atoms with Crippen molar-refractivity contribution in [2.75, 3.05) is 0 Å². The number of hydrogen-bond acceptors (Lipinski definition) is 2. The molecule has 77 heavy (non-hydrogen) atoms. The summed E-state index contributed by atoms with van der Waals surface area (Å²) < 4.78 is 2.38. The van der Waals surface area contributed by atoms with E-state index in [1.54, 1.807) is 0 Å². The first-order valence-electron chi connectivity index (χ1n) is 26.5. The molecule has 0 aliphatic carbocycles. The van der Waals surface area contributed by atoms with Crippen molar-refractivity contribution in [3.63, 3.8) is 0 Å². The van der Waals surface area contributed by atoms with E-state index in [1.165, 1.54) is 115 Å². The average Bonchev–Trinajstić information content (AvgIpc) is 3.97. The Kier molecular flexibility index (Phi) is 9.64. The highest BCUT2D eigenvalue weighted by Crippen LogP contribution is 2.46. The molecule has 0 bridgehead atoms. The fourth-order valence-corrected chi connectivity index (χ4v) is 12.8. The van der Waals surface area contributed by atoms with Crippen molar-refractivity contribution in [3.8, 4) is 61.5 Å². The second-order valence-electron chi connectivity index (χ2n) is 20.3. The molecule has 356 valence electrons. The topological polar surface area (TPSA) is 30.7 Å². The van der Waals surface area contributed by atoms with Gasteiger partial charge in [0.2, 0.25) is 0 Å². The number of rotatable bonds is 6. The van der Waals surface area contributed by atoms with Crippen molar-refractivity contribution in [2.24, 2.45) is 0 Å². The van der Waals surface area contributed by atoms with Gasteiger partial charge in [-0.05, 0) is 129 Å². The van der Waals surface area contributed by atoms with Crippen molar-refractivity contribution in [2.45, 2.75) is 0 Å². The van der Waals surface area contributed by atoms with Crippen molar-refractivity contribution in [3.05, 3.63) is 273 Å². The first-order valence-corrected chi connectivity index (χ1v) is 26.5. The minimum Gasteiger partial charge on any atom is -0.309 e. The molecule has 3 nitrogen and oxygen atoms in total. The minimum absolute atomic E-state index is 0.863. The van der Waals surface area contributed by atoms with E-state index in [9.17, 15) is 0 Å². The summed E-state index contributed by atoms with van der Waals surface area (Å²) in [6, 6.07) is 97.6. The zero-order chi connectivity index (χ0) is 50.6. The molecule has 0 radical (unpaired) electrons. The van der Waals surface area contributed by atoms with Crippen molar-refractivity contribution < 1.29 is 0 Å². The quantitative estimate of drug-likeness (QED) is 0.155. The van der Waals surface area contributed by atoms with Gasteiger partial charge in [-0.2, -0.15) is 0 Å². The summed E-state index contributed by atoms with van der Waals surface area (Å²) in [5.41, 5.74) is 17.0. The van der Waals surface area contributed by atoms with E-state index in [-0.39, 0.29) is 0 Å². The summed E-state index contributed by atoms with van der Waals surface area (Å²) in [5.74, 6) is 0. The zero-order valence-electron chi connectivity index (χ0n) is 41.8. The fourth-order valence-electron chi connectivity index (χ4n) is 12.8. The Morgan fingerprint density at radius 1 is 0.234 bits per heavy atom. The van der Waals surface area contributed by atoms with Crippen LogP contribution in [0, 0.1) is 0 Å². The van der Waals surface area contributed by atoms with Crippen molar-refractivity contribution >= 4 is 97.5 Å². The van der Waals surface area contributed by atoms with Gasteiger partial charge in [0, 0.05) is 32.8 Å². The summed E-state index contributed by atoms with van der Waals surface area (Å²) in [6.45, 7) is 0. The third-order valence-electron chi connectivity index (χ3n) is 16.3. The van der Waals surface area contributed by atoms with E-state index in [1.807, 2.05) is 6.20 Å². The number of hydrogen-bond donors (Lipinski definition) is 0. The second kappa shape index (κ2) is 17.2. The molecule has 0 saturated carbocycles. The monoisotopic (exact) mass is 975 g/mol. The van der Waals surface area contributed by atoms with Crippen LogP contribution in [-0.4, -0.2) is 14.5 Å². The van der Waals surface area contributed by atoms with Gasteiger partial charge in [-0.3, -0.25) is 4.98 Å². The molecule has 2 heterocycles. The Hall–Kier alpha value is -10.2. The lowest BCUT2D eigenvalue weighted by Gasteiger charge is -2.18. The molecule has 0 saturated heterocycles. The van der Waals surface area contributed by atoms with Crippen LogP contribution in [0.25, 0.3) is 159 Å². The molecule has 0 atom stereocenters. The highest BCUT2D eigenvalue weighted by molar-refractivity contribution is 6.24. The lowest BCUT2D eigenvalue weighted by Crippen LogP contribution is -1.94. The summed E-state index contributed by atoms with van der Waals surface area (Å²) in [5, 5.41) is 16.8. The van der Waals surface area contributed by atoms with Crippen LogP contribution in [0.15, 0.2) is 273 Å². The van der Waals surface area contributed by atoms with Crippen LogP contribution >= 0.6 is 0 Å². The smallest absolute Gasteiger partial charge is 0.0979 e. The highest BCUT2D eigenvalue weighted by Gasteiger charge is 2.20. The number of aromatic nitrogens is 3. The molecule has 0 spiro atoms. The Labute approximate surface area is 444 Å². The lowest BCUT2D eigenvalue weighted by molar-refractivity contribution is 1.18. The molecular formula is C74H45N3. The van der Waals surface area contributed by atoms with E-state index >= 15 is 0 Å². The SMILES string of the molecule is c1ccc(-n2c3ccccc3c3cc(-c4ccc(-c5ccc(-c6ccc(-c7ccc(-c8cnc9c%10ccccc%10c%10ccccc%10c9n8)c8ccccc78)c7ccccc67)c6ccccc56)c5ccccc45)ccc32)cc1. The Balaban J connectivity index is 0.802. The normalized spacial score (nSPS) is 11.9. The van der Waals surface area contributed by atoms with E-state index in [0.29, 0.717) is 0 Å². The summed E-state index contributed by atoms with van der Waals surface area (Å²) in [6.07, 6.45) is 1.95. The standard InChI is InChI=1S/C74H45N3/c1-2-18-47(19-3-1)77-71-33-17-16-30-66(71)69-44-46(34-43-72(69)77)48-35-36-59(50-21-5-4-20-49(48)50)60-37-38-61(52-23-7-6-22-51(52)60)62-39-40-63(54-25-9-8-24-53(54)62)64-41-42-65(56-27-11-10-26-55(56)64)70-45-75-73-67-31-14-12-28-57(67)58-29-13-15-32-68(58)74(73)76-70/h1-45H. The van der Waals surface area contributed by atoms with Gasteiger partial charge in [0.05, 0.1) is 34.0 Å². The first-order chi connectivity index (χ1) is 38.2. The van der Waals surface area contributed by atoms with Gasteiger partial charge in [-0.15, -0.1) is 0 Å². The van der Waals surface area contributed by atoms with E-state index < -0.39 is 0 Å². The molecule has 0 unspecified atom stereocenters. The number of nitrogens with zero attached hydrogens (tertiary/aromatic N) is 3. The van der Waals surface area contributed by atoms with E-state index in [0.717, 1.165) is 44.1 Å². The van der Waals surface area contributed by atoms with E-state index in [4.69, 9.17) is 9.97 Å². The Morgan fingerprint density at radius 3 is 1.08 bits per heavy atom.